The van der Waals surface area contributed by atoms with Crippen LogP contribution in [0.15, 0.2) is 11.6 Å². The molecular formula is C10H13Cl. The van der Waals surface area contributed by atoms with Crippen molar-refractivity contribution in [3.8, 4) is 11.8 Å². The normalized spacial score (nSPS) is 19.6. The van der Waals surface area contributed by atoms with Crippen molar-refractivity contribution in [2.24, 2.45) is 0 Å². The highest BCUT2D eigenvalue weighted by Crippen LogP contribution is 2.16. The van der Waals surface area contributed by atoms with Crippen molar-refractivity contribution in [3.63, 3.8) is 0 Å². The molecule has 0 nitrogen and oxygen atoms in total. The number of hydrogen-bond donors (Lipinski definition) is 0. The Morgan fingerprint density at radius 1 is 1.55 bits per heavy atom. The first-order chi connectivity index (χ1) is 5.29. The van der Waals surface area contributed by atoms with Gasteiger partial charge >= 0.3 is 0 Å². The maximum atomic E-state index is 5.70. The van der Waals surface area contributed by atoms with E-state index in [1.54, 1.807) is 0 Å². The summed E-state index contributed by atoms with van der Waals surface area (Å²) >= 11 is 5.70. The molecule has 0 aromatic rings. The first-order valence-electron chi connectivity index (χ1n) is 4.13. The van der Waals surface area contributed by atoms with Crippen LogP contribution in [0.2, 0.25) is 0 Å². The minimum absolute atomic E-state index is 0.0159. The Bertz CT molecular complexity index is 203. The van der Waals surface area contributed by atoms with E-state index in [2.05, 4.69) is 17.9 Å². The van der Waals surface area contributed by atoms with E-state index in [4.69, 9.17) is 11.6 Å². The summed E-state index contributed by atoms with van der Waals surface area (Å²) in [7, 11) is 0. The molecule has 0 N–H and O–H groups in total. The lowest BCUT2D eigenvalue weighted by Gasteiger charge is -2.05. The monoisotopic (exact) mass is 168 g/mol. The summed E-state index contributed by atoms with van der Waals surface area (Å²) in [5.74, 6) is 6.06. The molecule has 60 valence electrons. The zero-order chi connectivity index (χ0) is 8.10. The number of halogens is 1. The van der Waals surface area contributed by atoms with Crippen LogP contribution in [-0.2, 0) is 0 Å². The molecule has 0 bridgehead atoms. The topological polar surface area (TPSA) is 0 Å². The van der Waals surface area contributed by atoms with Crippen molar-refractivity contribution < 1.29 is 0 Å². The van der Waals surface area contributed by atoms with Crippen LogP contribution >= 0.6 is 11.6 Å². The number of allylic oxidation sites excluding steroid dienone is 2. The summed E-state index contributed by atoms with van der Waals surface area (Å²) in [5, 5.41) is -0.0159. The van der Waals surface area contributed by atoms with E-state index in [1.165, 1.54) is 24.8 Å². The summed E-state index contributed by atoms with van der Waals surface area (Å²) in [6, 6.07) is 0. The molecule has 0 heterocycles. The van der Waals surface area contributed by atoms with E-state index >= 15 is 0 Å². The fourth-order valence-corrected chi connectivity index (χ4v) is 1.20. The predicted octanol–water partition coefficient (Wildman–Crippen LogP) is 3.12. The van der Waals surface area contributed by atoms with E-state index in [1.807, 2.05) is 6.92 Å². The molecule has 0 saturated carbocycles. The van der Waals surface area contributed by atoms with Crippen molar-refractivity contribution in [2.45, 2.75) is 38.0 Å². The van der Waals surface area contributed by atoms with Crippen molar-refractivity contribution in [2.75, 3.05) is 0 Å². The Morgan fingerprint density at radius 2 is 2.36 bits per heavy atom. The van der Waals surface area contributed by atoms with E-state index < -0.39 is 0 Å². The molecule has 0 radical (unpaired) electrons. The van der Waals surface area contributed by atoms with Gasteiger partial charge in [0.1, 0.15) is 0 Å². The molecule has 0 amide bonds. The van der Waals surface area contributed by atoms with Gasteiger partial charge in [-0.2, -0.15) is 0 Å². The summed E-state index contributed by atoms with van der Waals surface area (Å²) in [6.07, 6.45) is 7.19. The van der Waals surface area contributed by atoms with Crippen LogP contribution in [0.4, 0.5) is 0 Å². The van der Waals surface area contributed by atoms with E-state index in [0.29, 0.717) is 0 Å². The number of hydrogen-bond acceptors (Lipinski definition) is 0. The van der Waals surface area contributed by atoms with Crippen molar-refractivity contribution in [1.82, 2.24) is 0 Å². The molecule has 0 aromatic carbocycles. The molecule has 1 heteroatoms. The largest absolute Gasteiger partial charge is 0.109 e. The van der Waals surface area contributed by atoms with Gasteiger partial charge in [-0.1, -0.05) is 17.9 Å². The van der Waals surface area contributed by atoms with Crippen LogP contribution in [0.3, 0.4) is 0 Å². The Balaban J connectivity index is 2.49. The first-order valence-corrected chi connectivity index (χ1v) is 4.57. The lowest BCUT2D eigenvalue weighted by atomic mass is 10.0. The molecule has 1 unspecified atom stereocenters. The predicted molar refractivity (Wildman–Crippen MR) is 49.6 cm³/mol. The standard InChI is InChI=1S/C10H13Cl/c1-9(11)7-8-10-5-3-2-4-6-10/h5,9H,2-4,6H2,1H3. The summed E-state index contributed by atoms with van der Waals surface area (Å²) in [4.78, 5) is 0. The van der Waals surface area contributed by atoms with Crippen LogP contribution < -0.4 is 0 Å². The van der Waals surface area contributed by atoms with Gasteiger partial charge in [0.25, 0.3) is 0 Å². The molecule has 1 rings (SSSR count). The molecular weight excluding hydrogens is 156 g/mol. The molecule has 0 fully saturated rings. The summed E-state index contributed by atoms with van der Waals surface area (Å²) < 4.78 is 0. The third-order valence-electron chi connectivity index (χ3n) is 1.72. The quantitative estimate of drug-likeness (QED) is 0.385. The average Bonchev–Trinajstić information content (AvgIpc) is 2.03. The highest BCUT2D eigenvalue weighted by Gasteiger charge is 1.99. The molecule has 11 heavy (non-hydrogen) atoms. The molecule has 1 atom stereocenters. The molecule has 0 aliphatic heterocycles. The Hall–Kier alpha value is -0.410. The lowest BCUT2D eigenvalue weighted by Crippen LogP contribution is -1.90. The second kappa shape index (κ2) is 4.46. The maximum absolute atomic E-state index is 5.70. The molecule has 0 spiro atoms. The molecule has 0 aromatic heterocycles. The van der Waals surface area contributed by atoms with Gasteiger partial charge in [-0.25, -0.2) is 0 Å². The van der Waals surface area contributed by atoms with Gasteiger partial charge in [0.15, 0.2) is 0 Å². The summed E-state index contributed by atoms with van der Waals surface area (Å²) in [6.45, 7) is 1.90. The molecule has 1 aliphatic carbocycles. The Kier molecular flexibility index (Phi) is 3.52. The van der Waals surface area contributed by atoms with Crippen molar-refractivity contribution in [3.05, 3.63) is 11.6 Å². The highest BCUT2D eigenvalue weighted by molar-refractivity contribution is 6.22. The van der Waals surface area contributed by atoms with Crippen LogP contribution in [-0.4, -0.2) is 5.38 Å². The fraction of sp³-hybridized carbons (Fsp3) is 0.600. The Labute approximate surface area is 73.6 Å². The van der Waals surface area contributed by atoms with Gasteiger partial charge in [-0.3, -0.25) is 0 Å². The third kappa shape index (κ3) is 3.49. The van der Waals surface area contributed by atoms with Crippen LogP contribution in [0.1, 0.15) is 32.6 Å². The van der Waals surface area contributed by atoms with E-state index in [9.17, 15) is 0 Å². The van der Waals surface area contributed by atoms with Gasteiger partial charge in [-0.05, 0) is 38.2 Å². The minimum atomic E-state index is -0.0159. The van der Waals surface area contributed by atoms with Gasteiger partial charge in [0, 0.05) is 0 Å². The second-order valence-electron chi connectivity index (χ2n) is 2.86. The maximum Gasteiger partial charge on any atom is 0.0918 e. The van der Waals surface area contributed by atoms with Crippen LogP contribution in [0.5, 0.6) is 0 Å². The van der Waals surface area contributed by atoms with Gasteiger partial charge in [-0.15, -0.1) is 11.6 Å². The SMILES string of the molecule is CC(Cl)C#CC1=CCCCC1. The third-order valence-corrected chi connectivity index (χ3v) is 1.83. The number of alkyl halides is 1. The highest BCUT2D eigenvalue weighted by atomic mass is 35.5. The van der Waals surface area contributed by atoms with Crippen LogP contribution in [0.25, 0.3) is 0 Å². The van der Waals surface area contributed by atoms with E-state index in [0.717, 1.165) is 6.42 Å². The van der Waals surface area contributed by atoms with Crippen molar-refractivity contribution >= 4 is 11.6 Å². The van der Waals surface area contributed by atoms with Gasteiger partial charge in [0.2, 0.25) is 0 Å². The summed E-state index contributed by atoms with van der Waals surface area (Å²) in [5.41, 5.74) is 1.28. The average molecular weight is 169 g/mol. The Morgan fingerprint density at radius 3 is 2.91 bits per heavy atom. The van der Waals surface area contributed by atoms with Gasteiger partial charge in [0.05, 0.1) is 5.38 Å². The zero-order valence-corrected chi connectivity index (χ0v) is 7.62. The zero-order valence-electron chi connectivity index (χ0n) is 6.86. The fourth-order valence-electron chi connectivity index (χ4n) is 1.14. The first kappa shape index (κ1) is 8.68. The molecule has 1 aliphatic rings. The minimum Gasteiger partial charge on any atom is -0.109 e. The van der Waals surface area contributed by atoms with Crippen molar-refractivity contribution in [1.29, 1.82) is 0 Å². The van der Waals surface area contributed by atoms with E-state index in [-0.39, 0.29) is 5.38 Å². The molecule has 0 saturated heterocycles. The smallest absolute Gasteiger partial charge is 0.0918 e. The van der Waals surface area contributed by atoms with Crippen LogP contribution in [0, 0.1) is 11.8 Å². The lowest BCUT2D eigenvalue weighted by molar-refractivity contribution is 0.715. The number of rotatable bonds is 0. The second-order valence-corrected chi connectivity index (χ2v) is 3.52. The van der Waals surface area contributed by atoms with Gasteiger partial charge < -0.3 is 0 Å².